The number of hydrogen-bond acceptors (Lipinski definition) is 2. The second-order valence-electron chi connectivity index (χ2n) is 3.80. The van der Waals surface area contributed by atoms with E-state index in [1.54, 1.807) is 0 Å². The van der Waals surface area contributed by atoms with Crippen molar-refractivity contribution in [2.45, 2.75) is 6.42 Å². The van der Waals surface area contributed by atoms with Gasteiger partial charge in [-0.05, 0) is 18.3 Å². The molecule has 0 aromatic carbocycles. The van der Waals surface area contributed by atoms with Crippen LogP contribution in [-0.2, 0) is 9.59 Å². The summed E-state index contributed by atoms with van der Waals surface area (Å²) < 4.78 is 0. The maximum Gasteiger partial charge on any atom is 0.221 e. The normalized spacial score (nSPS) is 40.9. The zero-order chi connectivity index (χ0) is 9.59. The zero-order valence-corrected chi connectivity index (χ0v) is 7.14. The first-order chi connectivity index (χ1) is 6.11. The van der Waals surface area contributed by atoms with E-state index >= 15 is 0 Å². The molecule has 70 valence electrons. The van der Waals surface area contributed by atoms with Crippen LogP contribution in [0, 0.1) is 23.7 Å². The van der Waals surface area contributed by atoms with Gasteiger partial charge in [0.15, 0.2) is 0 Å². The van der Waals surface area contributed by atoms with Crippen molar-refractivity contribution in [3.63, 3.8) is 0 Å². The van der Waals surface area contributed by atoms with Crippen LogP contribution in [0.15, 0.2) is 12.2 Å². The number of primary amides is 2. The predicted molar refractivity (Wildman–Crippen MR) is 46.1 cm³/mol. The van der Waals surface area contributed by atoms with E-state index in [4.69, 9.17) is 11.5 Å². The summed E-state index contributed by atoms with van der Waals surface area (Å²) in [4.78, 5) is 22.2. The Hall–Kier alpha value is -1.32. The van der Waals surface area contributed by atoms with Crippen molar-refractivity contribution < 1.29 is 9.59 Å². The third-order valence-electron chi connectivity index (χ3n) is 3.12. The summed E-state index contributed by atoms with van der Waals surface area (Å²) in [6.07, 6.45) is 4.79. The molecule has 2 amide bonds. The fourth-order valence-corrected chi connectivity index (χ4v) is 2.60. The number of carbonyl (C=O) groups is 2. The van der Waals surface area contributed by atoms with Crippen molar-refractivity contribution in [3.8, 4) is 0 Å². The maximum absolute atomic E-state index is 11.1. The van der Waals surface area contributed by atoms with Crippen LogP contribution in [0.4, 0.5) is 0 Å². The Morgan fingerprint density at radius 3 is 1.69 bits per heavy atom. The summed E-state index contributed by atoms with van der Waals surface area (Å²) in [5, 5.41) is 0. The molecule has 0 radical (unpaired) electrons. The monoisotopic (exact) mass is 180 g/mol. The van der Waals surface area contributed by atoms with Gasteiger partial charge in [-0.1, -0.05) is 12.2 Å². The van der Waals surface area contributed by atoms with E-state index in [1.807, 2.05) is 12.2 Å². The lowest BCUT2D eigenvalue weighted by Crippen LogP contribution is -2.39. The molecule has 2 bridgehead atoms. The molecule has 4 N–H and O–H groups in total. The van der Waals surface area contributed by atoms with Crippen molar-refractivity contribution in [2.75, 3.05) is 0 Å². The van der Waals surface area contributed by atoms with Crippen molar-refractivity contribution in [2.24, 2.45) is 35.1 Å². The zero-order valence-electron chi connectivity index (χ0n) is 7.14. The molecule has 4 atom stereocenters. The van der Waals surface area contributed by atoms with E-state index < -0.39 is 11.8 Å². The highest BCUT2D eigenvalue weighted by atomic mass is 16.2. The lowest BCUT2D eigenvalue weighted by atomic mass is 9.82. The highest BCUT2D eigenvalue weighted by Crippen LogP contribution is 2.47. The van der Waals surface area contributed by atoms with Crippen LogP contribution >= 0.6 is 0 Å². The highest BCUT2D eigenvalue weighted by molar-refractivity contribution is 5.88. The van der Waals surface area contributed by atoms with Gasteiger partial charge < -0.3 is 11.5 Å². The van der Waals surface area contributed by atoms with Crippen molar-refractivity contribution in [1.29, 1.82) is 0 Å². The first-order valence-electron chi connectivity index (χ1n) is 4.38. The largest absolute Gasteiger partial charge is 0.369 e. The Bertz CT molecular complexity index is 270. The van der Waals surface area contributed by atoms with Gasteiger partial charge in [-0.25, -0.2) is 0 Å². The van der Waals surface area contributed by atoms with E-state index in [0.717, 1.165) is 6.42 Å². The summed E-state index contributed by atoms with van der Waals surface area (Å²) in [5.74, 6) is -1.26. The number of carbonyl (C=O) groups excluding carboxylic acids is 2. The van der Waals surface area contributed by atoms with Gasteiger partial charge in [0.25, 0.3) is 0 Å². The first-order valence-corrected chi connectivity index (χ1v) is 4.38. The van der Waals surface area contributed by atoms with Crippen LogP contribution in [0.3, 0.4) is 0 Å². The van der Waals surface area contributed by atoms with Crippen LogP contribution in [0.5, 0.6) is 0 Å². The number of rotatable bonds is 2. The fourth-order valence-electron chi connectivity index (χ4n) is 2.60. The van der Waals surface area contributed by atoms with Crippen LogP contribution in [0.25, 0.3) is 0 Å². The standard InChI is InChI=1S/C9H12N2O2/c10-8(12)6-4-1-2-5(3-4)7(6)9(11)13/h1-2,4-7H,3H2,(H2,10,12)(H2,11,13)/t4-,5+,6-,7+. The quantitative estimate of drug-likeness (QED) is 0.556. The van der Waals surface area contributed by atoms with Crippen molar-refractivity contribution >= 4 is 11.8 Å². The SMILES string of the molecule is NC(=O)[C@@H]1[C@H](C(N)=O)[C@@H]2C=C[C@H]1C2. The number of fused-ring (bicyclic) bond motifs is 2. The molecule has 2 rings (SSSR count). The molecule has 4 heteroatoms. The number of nitrogens with two attached hydrogens (primary N) is 2. The lowest BCUT2D eigenvalue weighted by Gasteiger charge is -2.22. The summed E-state index contributed by atoms with van der Waals surface area (Å²) in [5.41, 5.74) is 10.5. The summed E-state index contributed by atoms with van der Waals surface area (Å²) in [6.45, 7) is 0. The van der Waals surface area contributed by atoms with Crippen LogP contribution in [0.2, 0.25) is 0 Å². The summed E-state index contributed by atoms with van der Waals surface area (Å²) in [6, 6.07) is 0. The van der Waals surface area contributed by atoms with Crippen LogP contribution in [0.1, 0.15) is 6.42 Å². The van der Waals surface area contributed by atoms with E-state index in [9.17, 15) is 9.59 Å². The predicted octanol–water partition coefficient (Wildman–Crippen LogP) is -0.605. The summed E-state index contributed by atoms with van der Waals surface area (Å²) >= 11 is 0. The molecule has 2 aliphatic carbocycles. The number of hydrogen-bond donors (Lipinski definition) is 2. The molecule has 2 aliphatic rings. The van der Waals surface area contributed by atoms with E-state index in [0.29, 0.717) is 0 Å². The first kappa shape index (κ1) is 8.29. The number of allylic oxidation sites excluding steroid dienone is 2. The Labute approximate surface area is 76.0 Å². The minimum absolute atomic E-state index is 0.139. The molecule has 0 unspecified atom stereocenters. The van der Waals surface area contributed by atoms with E-state index in [2.05, 4.69) is 0 Å². The Balaban J connectivity index is 2.30. The summed E-state index contributed by atoms with van der Waals surface area (Å²) in [7, 11) is 0. The second-order valence-corrected chi connectivity index (χ2v) is 3.80. The van der Waals surface area contributed by atoms with Gasteiger partial charge in [-0.3, -0.25) is 9.59 Å². The third kappa shape index (κ3) is 1.05. The van der Waals surface area contributed by atoms with Gasteiger partial charge in [0.2, 0.25) is 11.8 Å². The molecule has 4 nitrogen and oxygen atoms in total. The van der Waals surface area contributed by atoms with Gasteiger partial charge >= 0.3 is 0 Å². The molecular weight excluding hydrogens is 168 g/mol. The molecule has 13 heavy (non-hydrogen) atoms. The van der Waals surface area contributed by atoms with Gasteiger partial charge in [0.05, 0.1) is 11.8 Å². The molecule has 0 aromatic rings. The van der Waals surface area contributed by atoms with Gasteiger partial charge in [-0.2, -0.15) is 0 Å². The lowest BCUT2D eigenvalue weighted by molar-refractivity contribution is -0.131. The average Bonchev–Trinajstić information content (AvgIpc) is 2.60. The minimum Gasteiger partial charge on any atom is -0.369 e. The molecule has 0 aromatic heterocycles. The molecule has 0 spiro atoms. The maximum atomic E-state index is 11.1. The highest BCUT2D eigenvalue weighted by Gasteiger charge is 2.49. The fraction of sp³-hybridized carbons (Fsp3) is 0.556. The molecule has 1 fully saturated rings. The number of amides is 2. The Kier molecular flexibility index (Phi) is 1.65. The smallest absolute Gasteiger partial charge is 0.221 e. The van der Waals surface area contributed by atoms with Gasteiger partial charge in [-0.15, -0.1) is 0 Å². The topological polar surface area (TPSA) is 86.2 Å². The second kappa shape index (κ2) is 2.58. The molecule has 0 heterocycles. The Morgan fingerprint density at radius 1 is 1.00 bits per heavy atom. The van der Waals surface area contributed by atoms with Crippen LogP contribution in [-0.4, -0.2) is 11.8 Å². The van der Waals surface area contributed by atoms with Crippen molar-refractivity contribution in [1.82, 2.24) is 0 Å². The third-order valence-corrected chi connectivity index (χ3v) is 3.12. The molecule has 0 saturated heterocycles. The van der Waals surface area contributed by atoms with E-state index in [1.165, 1.54) is 0 Å². The minimum atomic E-state index is -0.402. The van der Waals surface area contributed by atoms with Gasteiger partial charge in [0.1, 0.15) is 0 Å². The van der Waals surface area contributed by atoms with Gasteiger partial charge in [0, 0.05) is 0 Å². The molecular formula is C9H12N2O2. The van der Waals surface area contributed by atoms with Crippen molar-refractivity contribution in [3.05, 3.63) is 12.2 Å². The average molecular weight is 180 g/mol. The molecule has 1 saturated carbocycles. The molecule has 0 aliphatic heterocycles. The van der Waals surface area contributed by atoms with E-state index in [-0.39, 0.29) is 23.7 Å². The van der Waals surface area contributed by atoms with Crippen LogP contribution < -0.4 is 11.5 Å². The Morgan fingerprint density at radius 2 is 1.38 bits per heavy atom.